The van der Waals surface area contributed by atoms with Crippen molar-refractivity contribution in [2.45, 2.75) is 83.0 Å². The van der Waals surface area contributed by atoms with E-state index in [4.69, 9.17) is 16.3 Å². The lowest BCUT2D eigenvalue weighted by atomic mass is 9.68. The van der Waals surface area contributed by atoms with Crippen molar-refractivity contribution in [3.05, 3.63) is 70.3 Å². The Labute approximate surface area is 268 Å². The molecule has 7 nitrogen and oxygen atoms in total. The highest BCUT2D eigenvalue weighted by Gasteiger charge is 2.41. The van der Waals surface area contributed by atoms with E-state index in [2.05, 4.69) is 28.7 Å². The van der Waals surface area contributed by atoms with E-state index in [1.54, 1.807) is 25.3 Å². The first-order valence-electron chi connectivity index (χ1n) is 16.0. The largest absolute Gasteiger partial charge is 0.495 e. The topological polar surface area (TPSA) is 95.9 Å². The number of methoxy groups -OCH3 is 1. The van der Waals surface area contributed by atoms with Crippen LogP contribution in [0.3, 0.4) is 0 Å². The molecule has 0 unspecified atom stereocenters. The van der Waals surface area contributed by atoms with E-state index in [1.807, 2.05) is 39.0 Å². The summed E-state index contributed by atoms with van der Waals surface area (Å²) < 4.78 is 35.4. The number of aliphatic hydroxyl groups is 1. The third-order valence-corrected chi connectivity index (χ3v) is 12.7. The first-order chi connectivity index (χ1) is 20.8. The molecule has 0 spiro atoms. The maximum Gasteiger partial charge on any atom is 0.264 e. The minimum Gasteiger partial charge on any atom is -0.495 e. The van der Waals surface area contributed by atoms with Crippen molar-refractivity contribution in [1.29, 1.82) is 0 Å². The number of aryl methyl sites for hydroxylation is 1. The molecule has 5 rings (SSSR count). The standard InChI is InChI=1S/C35H47ClN2O5S/c1-22(2)33-23(3)8-6-10-31(39)28-14-11-26(28)20-38(21-35(4)17-7-9-24-18-27(36)13-15-29(24)35)30-19-25(12-16-32(30)43-5)34(40)37-44(33,41)42/h6,10,12-13,15-16,18-19,22-23,26,28,31,33,39H,7-9,11,14,17,20-21H2,1-5H3,(H,37,40)/b10-6+/t23-,26-,28+,31-,33+,35-/m0/s1. The molecular formula is C35H47ClN2O5S. The summed E-state index contributed by atoms with van der Waals surface area (Å²) >= 11 is 6.38. The zero-order valence-electron chi connectivity index (χ0n) is 26.6. The van der Waals surface area contributed by atoms with Gasteiger partial charge in [-0.1, -0.05) is 57.5 Å². The number of nitrogens with zero attached hydrogens (tertiary/aromatic N) is 1. The Morgan fingerprint density at radius 2 is 1.95 bits per heavy atom. The fraction of sp³-hybridized carbons (Fsp3) is 0.571. The monoisotopic (exact) mass is 642 g/mol. The zero-order chi connectivity index (χ0) is 31.8. The van der Waals surface area contributed by atoms with Crippen LogP contribution in [0.15, 0.2) is 48.6 Å². The maximum absolute atomic E-state index is 13.6. The molecule has 3 aliphatic rings. The van der Waals surface area contributed by atoms with Gasteiger partial charge in [0.15, 0.2) is 0 Å². The Bertz CT molecular complexity index is 1510. The number of rotatable bonds is 4. The summed E-state index contributed by atoms with van der Waals surface area (Å²) in [6, 6.07) is 11.3. The van der Waals surface area contributed by atoms with Gasteiger partial charge in [0.25, 0.3) is 5.91 Å². The van der Waals surface area contributed by atoms with E-state index >= 15 is 0 Å². The second-order valence-electron chi connectivity index (χ2n) is 13.8. The van der Waals surface area contributed by atoms with Gasteiger partial charge < -0.3 is 14.7 Å². The van der Waals surface area contributed by atoms with Gasteiger partial charge >= 0.3 is 0 Å². The second kappa shape index (κ2) is 13.1. The van der Waals surface area contributed by atoms with Crippen LogP contribution in [0.5, 0.6) is 5.75 Å². The van der Waals surface area contributed by atoms with Crippen LogP contribution < -0.4 is 14.4 Å². The average molecular weight is 643 g/mol. The molecule has 0 aromatic heterocycles. The van der Waals surface area contributed by atoms with Crippen LogP contribution in [0.25, 0.3) is 0 Å². The molecule has 0 radical (unpaired) electrons. The summed E-state index contributed by atoms with van der Waals surface area (Å²) in [5.74, 6) is -0.127. The highest BCUT2D eigenvalue weighted by Crippen LogP contribution is 2.44. The first-order valence-corrected chi connectivity index (χ1v) is 17.9. The van der Waals surface area contributed by atoms with Gasteiger partial charge in [0.1, 0.15) is 5.75 Å². The molecule has 2 aromatic rings. The van der Waals surface area contributed by atoms with Crippen LogP contribution in [0, 0.1) is 23.7 Å². The maximum atomic E-state index is 13.6. The smallest absolute Gasteiger partial charge is 0.264 e. The minimum atomic E-state index is -3.99. The lowest BCUT2D eigenvalue weighted by Gasteiger charge is -2.46. The highest BCUT2D eigenvalue weighted by molar-refractivity contribution is 7.90. The number of sulfonamides is 1. The average Bonchev–Trinajstić information content (AvgIpc) is 2.93. The predicted octanol–water partition coefficient (Wildman–Crippen LogP) is 6.52. The van der Waals surface area contributed by atoms with E-state index in [9.17, 15) is 18.3 Å². The number of hydrogen-bond acceptors (Lipinski definition) is 6. The van der Waals surface area contributed by atoms with Gasteiger partial charge in [0.05, 0.1) is 24.2 Å². The third-order valence-electron chi connectivity index (χ3n) is 10.2. The molecule has 9 heteroatoms. The highest BCUT2D eigenvalue weighted by atomic mass is 35.5. The number of anilines is 1. The fourth-order valence-electron chi connectivity index (χ4n) is 7.91. The number of carbonyl (C=O) groups is 1. The number of fused-ring (bicyclic) bond motifs is 4. The van der Waals surface area contributed by atoms with E-state index in [-0.39, 0.29) is 34.7 Å². The SMILES string of the molecule is COc1ccc2cc1N(C[C@]1(C)CCCc3cc(Cl)ccc31)C[C@@H]1CC[C@H]1[C@@H](O)/C=C/C[C@H](C)[C@@H](C(C)C)S(=O)(=O)NC2=O. The van der Waals surface area contributed by atoms with Crippen molar-refractivity contribution in [3.63, 3.8) is 0 Å². The summed E-state index contributed by atoms with van der Waals surface area (Å²) in [6.45, 7) is 9.26. The van der Waals surface area contributed by atoms with Gasteiger partial charge in [-0.25, -0.2) is 13.1 Å². The van der Waals surface area contributed by atoms with Gasteiger partial charge in [-0.2, -0.15) is 0 Å². The van der Waals surface area contributed by atoms with Crippen LogP contribution in [0.4, 0.5) is 5.69 Å². The first kappa shape index (κ1) is 32.8. The van der Waals surface area contributed by atoms with Gasteiger partial charge in [0, 0.05) is 29.1 Å². The summed E-state index contributed by atoms with van der Waals surface area (Å²) in [7, 11) is -2.38. The second-order valence-corrected chi connectivity index (χ2v) is 16.1. The summed E-state index contributed by atoms with van der Waals surface area (Å²) in [5.41, 5.74) is 3.37. The van der Waals surface area contributed by atoms with E-state index in [0.717, 1.165) is 42.8 Å². The fourth-order valence-corrected chi connectivity index (χ4v) is 10.1. The molecule has 2 aliphatic carbocycles. The van der Waals surface area contributed by atoms with Gasteiger partial charge in [-0.15, -0.1) is 0 Å². The van der Waals surface area contributed by atoms with Crippen molar-refractivity contribution < 1.29 is 23.1 Å². The number of halogens is 1. The van der Waals surface area contributed by atoms with E-state index in [0.29, 0.717) is 25.3 Å². The van der Waals surface area contributed by atoms with Crippen molar-refractivity contribution in [2.24, 2.45) is 23.7 Å². The van der Waals surface area contributed by atoms with Crippen molar-refractivity contribution in [3.8, 4) is 5.75 Å². The Morgan fingerprint density at radius 1 is 1.18 bits per heavy atom. The van der Waals surface area contributed by atoms with Crippen LogP contribution in [0.1, 0.15) is 81.3 Å². The Kier molecular flexibility index (Phi) is 9.74. The quantitative estimate of drug-likeness (QED) is 0.369. The molecule has 44 heavy (non-hydrogen) atoms. The minimum absolute atomic E-state index is 0.101. The summed E-state index contributed by atoms with van der Waals surface area (Å²) in [5, 5.41) is 11.2. The van der Waals surface area contributed by atoms with Gasteiger partial charge in [-0.05, 0) is 104 Å². The molecular weight excluding hydrogens is 596 g/mol. The number of carbonyl (C=O) groups excluding carboxylic acids is 1. The molecule has 2 bridgehead atoms. The summed E-state index contributed by atoms with van der Waals surface area (Å²) in [6.07, 6.45) is 8.60. The lowest BCUT2D eigenvalue weighted by Crippen LogP contribution is -2.48. The lowest BCUT2D eigenvalue weighted by molar-refractivity contribution is 0.0456. The summed E-state index contributed by atoms with van der Waals surface area (Å²) in [4.78, 5) is 15.9. The molecule has 240 valence electrons. The van der Waals surface area contributed by atoms with Gasteiger partial charge in [0.2, 0.25) is 10.0 Å². The number of amides is 1. The Balaban J connectivity index is 1.59. The van der Waals surface area contributed by atoms with Crippen LogP contribution in [0.2, 0.25) is 5.02 Å². The van der Waals surface area contributed by atoms with Crippen molar-refractivity contribution in [2.75, 3.05) is 25.1 Å². The van der Waals surface area contributed by atoms with Gasteiger partial charge in [-0.3, -0.25) is 4.79 Å². The van der Waals surface area contributed by atoms with Crippen molar-refractivity contribution in [1.82, 2.24) is 4.72 Å². The zero-order valence-corrected chi connectivity index (χ0v) is 28.1. The predicted molar refractivity (Wildman–Crippen MR) is 177 cm³/mol. The molecule has 1 heterocycles. The number of ether oxygens (including phenoxy) is 1. The number of allylic oxidation sites excluding steroid dienone is 1. The molecule has 1 fully saturated rings. The normalized spacial score (nSPS) is 31.3. The molecule has 2 aromatic carbocycles. The van der Waals surface area contributed by atoms with E-state index < -0.39 is 27.3 Å². The molecule has 2 N–H and O–H groups in total. The van der Waals surface area contributed by atoms with Crippen LogP contribution in [-0.2, 0) is 21.9 Å². The molecule has 1 saturated carbocycles. The number of nitrogens with one attached hydrogen (secondary N) is 1. The Morgan fingerprint density at radius 3 is 2.64 bits per heavy atom. The third kappa shape index (κ3) is 6.68. The van der Waals surface area contributed by atoms with Crippen molar-refractivity contribution >= 4 is 33.2 Å². The van der Waals surface area contributed by atoms with Crippen LogP contribution >= 0.6 is 11.6 Å². The Hall–Kier alpha value is -2.55. The van der Waals surface area contributed by atoms with E-state index in [1.165, 1.54) is 11.1 Å². The van der Waals surface area contributed by atoms with Crippen LogP contribution in [-0.4, -0.2) is 51.0 Å². The molecule has 6 atom stereocenters. The number of hydrogen-bond donors (Lipinski definition) is 2. The molecule has 1 aliphatic heterocycles. The number of aliphatic hydroxyl groups excluding tert-OH is 1. The number of benzene rings is 2. The molecule has 1 amide bonds. The molecule has 0 saturated heterocycles.